The number of aryl methyl sites for hydroxylation is 3. The van der Waals surface area contributed by atoms with Crippen molar-refractivity contribution >= 4 is 16.8 Å². The van der Waals surface area contributed by atoms with Crippen molar-refractivity contribution in [2.45, 2.75) is 33.2 Å². The van der Waals surface area contributed by atoms with Crippen molar-refractivity contribution in [1.29, 1.82) is 0 Å². The predicted molar refractivity (Wildman–Crippen MR) is 91.8 cm³/mol. The Hall–Kier alpha value is -2.42. The Kier molecular flexibility index (Phi) is 3.29. The van der Waals surface area contributed by atoms with Crippen molar-refractivity contribution in [2.24, 2.45) is 5.92 Å². The Balaban J connectivity index is 1.67. The van der Waals surface area contributed by atoms with Gasteiger partial charge in [-0.05, 0) is 55.5 Å². The molecule has 4 rings (SSSR count). The lowest BCUT2D eigenvalue weighted by Gasteiger charge is -2.23. The minimum Gasteiger partial charge on any atom is -0.330 e. The topological polar surface area (TPSA) is 34.9 Å². The molecule has 1 atom stereocenters. The van der Waals surface area contributed by atoms with Crippen LogP contribution in [0.1, 0.15) is 33.5 Å². The Labute approximate surface area is 136 Å². The molecule has 1 heterocycles. The molecule has 3 heteroatoms. The Morgan fingerprint density at radius 1 is 1.17 bits per heavy atom. The molecule has 1 aliphatic carbocycles. The number of hydrogen-bond donors (Lipinski definition) is 0. The number of fused-ring (bicyclic) bond motifs is 2. The number of ketones is 1. The number of carbonyl (C=O) groups excluding carboxylic acids is 1. The van der Waals surface area contributed by atoms with E-state index in [1.54, 1.807) is 0 Å². The van der Waals surface area contributed by atoms with Crippen molar-refractivity contribution in [3.05, 3.63) is 65.0 Å². The largest absolute Gasteiger partial charge is 0.330 e. The van der Waals surface area contributed by atoms with Gasteiger partial charge in [-0.1, -0.05) is 24.3 Å². The molecule has 23 heavy (non-hydrogen) atoms. The van der Waals surface area contributed by atoms with Crippen molar-refractivity contribution in [3.63, 3.8) is 0 Å². The van der Waals surface area contributed by atoms with E-state index in [1.807, 2.05) is 24.5 Å². The molecule has 2 aromatic carbocycles. The molecule has 116 valence electrons. The molecule has 0 saturated carbocycles. The van der Waals surface area contributed by atoms with E-state index in [0.717, 1.165) is 29.4 Å². The monoisotopic (exact) mass is 304 g/mol. The first-order chi connectivity index (χ1) is 11.1. The van der Waals surface area contributed by atoms with Crippen LogP contribution in [-0.4, -0.2) is 15.3 Å². The third kappa shape index (κ3) is 2.37. The third-order valence-electron chi connectivity index (χ3n) is 5.07. The molecule has 0 amide bonds. The van der Waals surface area contributed by atoms with Gasteiger partial charge in [0, 0.05) is 18.0 Å². The van der Waals surface area contributed by atoms with Crippen LogP contribution in [-0.2, 0) is 13.0 Å². The maximum Gasteiger partial charge on any atom is 0.168 e. The summed E-state index contributed by atoms with van der Waals surface area (Å²) in [6.07, 6.45) is 3.77. The Bertz CT molecular complexity index is 907. The number of carbonyl (C=O) groups is 1. The summed E-state index contributed by atoms with van der Waals surface area (Å²) in [6.45, 7) is 4.94. The fourth-order valence-corrected chi connectivity index (χ4v) is 3.53. The normalized spacial score (nSPS) is 17.5. The van der Waals surface area contributed by atoms with E-state index >= 15 is 0 Å². The Morgan fingerprint density at radius 2 is 1.96 bits per heavy atom. The lowest BCUT2D eigenvalue weighted by Crippen LogP contribution is -2.26. The molecule has 0 bridgehead atoms. The average molecular weight is 304 g/mol. The number of rotatable bonds is 2. The van der Waals surface area contributed by atoms with Gasteiger partial charge in [-0.15, -0.1) is 0 Å². The zero-order chi connectivity index (χ0) is 16.0. The highest BCUT2D eigenvalue weighted by molar-refractivity contribution is 6.00. The molecule has 1 unspecified atom stereocenters. The van der Waals surface area contributed by atoms with E-state index in [1.165, 1.54) is 16.7 Å². The van der Waals surface area contributed by atoms with Crippen LogP contribution >= 0.6 is 0 Å². The summed E-state index contributed by atoms with van der Waals surface area (Å²) in [5.74, 6) is 0.321. The summed E-state index contributed by atoms with van der Waals surface area (Å²) in [4.78, 5) is 17.3. The van der Waals surface area contributed by atoms with Crippen molar-refractivity contribution in [3.8, 4) is 0 Å². The van der Waals surface area contributed by atoms with E-state index in [4.69, 9.17) is 0 Å². The number of Topliss-reactive ketones (excluding diaryl/α,β-unsaturated/α-hetero) is 1. The van der Waals surface area contributed by atoms with Gasteiger partial charge in [-0.25, -0.2) is 4.98 Å². The van der Waals surface area contributed by atoms with Crippen molar-refractivity contribution < 1.29 is 4.79 Å². The molecule has 0 radical (unpaired) electrons. The van der Waals surface area contributed by atoms with Gasteiger partial charge < -0.3 is 4.57 Å². The molecule has 0 fully saturated rings. The maximum absolute atomic E-state index is 12.8. The lowest BCUT2D eigenvalue weighted by atomic mass is 9.82. The quantitative estimate of drug-likeness (QED) is 0.714. The van der Waals surface area contributed by atoms with Crippen LogP contribution in [0.15, 0.2) is 42.7 Å². The fourth-order valence-electron chi connectivity index (χ4n) is 3.53. The zero-order valence-corrected chi connectivity index (χ0v) is 13.5. The molecule has 3 aromatic rings. The van der Waals surface area contributed by atoms with E-state index in [0.29, 0.717) is 6.54 Å². The number of imidazole rings is 1. The highest BCUT2D eigenvalue weighted by Crippen LogP contribution is 2.28. The second kappa shape index (κ2) is 5.34. The molecule has 0 saturated heterocycles. The fraction of sp³-hybridized carbons (Fsp3) is 0.300. The molecular formula is C20H20N2O. The molecule has 0 spiro atoms. The SMILES string of the molecule is Cc1cc2ncn(CC3CCc4ccccc4C3=O)c2cc1C. The van der Waals surface area contributed by atoms with Gasteiger partial charge in [0.1, 0.15) is 0 Å². The van der Waals surface area contributed by atoms with Crippen LogP contribution in [0.5, 0.6) is 0 Å². The second-order valence-corrected chi connectivity index (χ2v) is 6.58. The van der Waals surface area contributed by atoms with Crippen LogP contribution in [0.2, 0.25) is 0 Å². The molecular weight excluding hydrogens is 284 g/mol. The standard InChI is InChI=1S/C20H20N2O/c1-13-9-18-19(10-14(13)2)22(12-21-18)11-16-8-7-15-5-3-4-6-17(15)20(16)23/h3-6,9-10,12,16H,7-8,11H2,1-2H3. The summed E-state index contributed by atoms with van der Waals surface area (Å²) in [5, 5.41) is 0. The highest BCUT2D eigenvalue weighted by atomic mass is 16.1. The number of hydrogen-bond acceptors (Lipinski definition) is 2. The van der Waals surface area contributed by atoms with Crippen molar-refractivity contribution in [2.75, 3.05) is 0 Å². The zero-order valence-electron chi connectivity index (χ0n) is 13.5. The lowest BCUT2D eigenvalue weighted by molar-refractivity contribution is 0.0888. The first-order valence-electron chi connectivity index (χ1n) is 8.17. The van der Waals surface area contributed by atoms with Gasteiger partial charge in [0.2, 0.25) is 0 Å². The van der Waals surface area contributed by atoms with Crippen LogP contribution in [0.4, 0.5) is 0 Å². The van der Waals surface area contributed by atoms with Gasteiger partial charge in [-0.2, -0.15) is 0 Å². The molecule has 0 aliphatic heterocycles. The van der Waals surface area contributed by atoms with Gasteiger partial charge >= 0.3 is 0 Å². The van der Waals surface area contributed by atoms with Crippen LogP contribution < -0.4 is 0 Å². The van der Waals surface area contributed by atoms with E-state index in [2.05, 4.69) is 41.6 Å². The summed E-state index contributed by atoms with van der Waals surface area (Å²) in [7, 11) is 0. The van der Waals surface area contributed by atoms with E-state index in [9.17, 15) is 4.79 Å². The van der Waals surface area contributed by atoms with Crippen LogP contribution in [0, 0.1) is 19.8 Å². The Morgan fingerprint density at radius 3 is 2.83 bits per heavy atom. The molecule has 1 aromatic heterocycles. The van der Waals surface area contributed by atoms with Gasteiger partial charge in [0.25, 0.3) is 0 Å². The van der Waals surface area contributed by atoms with E-state index in [-0.39, 0.29) is 11.7 Å². The third-order valence-corrected chi connectivity index (χ3v) is 5.07. The maximum atomic E-state index is 12.8. The first kappa shape index (κ1) is 14.2. The number of aromatic nitrogens is 2. The number of benzene rings is 2. The minimum atomic E-state index is 0.0453. The van der Waals surface area contributed by atoms with E-state index < -0.39 is 0 Å². The smallest absolute Gasteiger partial charge is 0.168 e. The van der Waals surface area contributed by atoms with Gasteiger partial charge in [0.05, 0.1) is 17.4 Å². The van der Waals surface area contributed by atoms with Crippen LogP contribution in [0.3, 0.4) is 0 Å². The van der Waals surface area contributed by atoms with Gasteiger partial charge in [-0.3, -0.25) is 4.79 Å². The van der Waals surface area contributed by atoms with Crippen LogP contribution in [0.25, 0.3) is 11.0 Å². The summed E-state index contributed by atoms with van der Waals surface area (Å²) in [5.41, 5.74) is 6.75. The summed E-state index contributed by atoms with van der Waals surface area (Å²) >= 11 is 0. The second-order valence-electron chi connectivity index (χ2n) is 6.58. The first-order valence-corrected chi connectivity index (χ1v) is 8.17. The molecule has 0 N–H and O–H groups in total. The highest BCUT2D eigenvalue weighted by Gasteiger charge is 2.27. The average Bonchev–Trinajstić information content (AvgIpc) is 2.93. The molecule has 1 aliphatic rings. The number of nitrogens with zero attached hydrogens (tertiary/aromatic N) is 2. The van der Waals surface area contributed by atoms with Gasteiger partial charge in [0.15, 0.2) is 5.78 Å². The predicted octanol–water partition coefficient (Wildman–Crippen LogP) is 4.10. The minimum absolute atomic E-state index is 0.0453. The molecule has 3 nitrogen and oxygen atoms in total. The van der Waals surface area contributed by atoms with Crippen molar-refractivity contribution in [1.82, 2.24) is 9.55 Å². The summed E-state index contributed by atoms with van der Waals surface area (Å²) in [6, 6.07) is 12.3. The summed E-state index contributed by atoms with van der Waals surface area (Å²) < 4.78 is 2.14.